The zero-order valence-electron chi connectivity index (χ0n) is 14.3. The number of benzene rings is 1. The highest BCUT2D eigenvalue weighted by molar-refractivity contribution is 6.02. The third kappa shape index (κ3) is 4.62. The number of likely N-dealkylation sites (tertiary alicyclic amines) is 1. The number of hydrogen-bond donors (Lipinski definition) is 2. The van der Waals surface area contributed by atoms with Crippen LogP contribution in [0.5, 0.6) is 0 Å². The molecule has 6 nitrogen and oxygen atoms in total. The largest absolute Gasteiger partial charge is 0.459 e. The van der Waals surface area contributed by atoms with Crippen molar-refractivity contribution in [1.29, 1.82) is 0 Å². The fourth-order valence-electron chi connectivity index (χ4n) is 2.85. The number of nitrogens with one attached hydrogen (secondary N) is 2. The molecule has 0 unspecified atom stereocenters. The van der Waals surface area contributed by atoms with Crippen LogP contribution in [0.25, 0.3) is 0 Å². The summed E-state index contributed by atoms with van der Waals surface area (Å²) in [5.41, 5.74) is 1.43. The quantitative estimate of drug-likeness (QED) is 0.876. The maximum atomic E-state index is 12.3. The summed E-state index contributed by atoms with van der Waals surface area (Å²) in [5, 5.41) is 5.91. The zero-order chi connectivity index (χ0) is 17.6. The zero-order valence-corrected chi connectivity index (χ0v) is 14.3. The summed E-state index contributed by atoms with van der Waals surface area (Å²) in [4.78, 5) is 26.2. The first-order valence-corrected chi connectivity index (χ1v) is 8.58. The number of amides is 2. The minimum Gasteiger partial charge on any atom is -0.459 e. The number of rotatable bonds is 5. The van der Waals surface area contributed by atoms with E-state index in [2.05, 4.69) is 17.6 Å². The van der Waals surface area contributed by atoms with Crippen molar-refractivity contribution in [3.63, 3.8) is 0 Å². The fraction of sp³-hybridized carbons (Fsp3) is 0.368. The van der Waals surface area contributed by atoms with Gasteiger partial charge in [0.15, 0.2) is 5.76 Å². The molecule has 1 aliphatic rings. The van der Waals surface area contributed by atoms with Crippen LogP contribution in [0.4, 0.5) is 11.4 Å². The lowest BCUT2D eigenvalue weighted by molar-refractivity contribution is -0.130. The first kappa shape index (κ1) is 17.1. The van der Waals surface area contributed by atoms with E-state index in [-0.39, 0.29) is 24.1 Å². The van der Waals surface area contributed by atoms with Crippen molar-refractivity contribution in [3.05, 3.63) is 48.4 Å². The molecule has 1 aromatic heterocycles. The molecular weight excluding hydrogens is 318 g/mol. The van der Waals surface area contributed by atoms with Gasteiger partial charge in [-0.2, -0.15) is 0 Å². The predicted molar refractivity (Wildman–Crippen MR) is 96.6 cm³/mol. The van der Waals surface area contributed by atoms with Gasteiger partial charge in [-0.15, -0.1) is 0 Å². The monoisotopic (exact) mass is 341 g/mol. The Bertz CT molecular complexity index is 719. The first-order valence-electron chi connectivity index (χ1n) is 8.58. The molecule has 2 aromatic rings. The second-order valence-electron chi connectivity index (χ2n) is 6.43. The van der Waals surface area contributed by atoms with Gasteiger partial charge in [0.05, 0.1) is 12.8 Å². The normalized spacial score (nSPS) is 15.0. The van der Waals surface area contributed by atoms with Gasteiger partial charge in [0.1, 0.15) is 0 Å². The van der Waals surface area contributed by atoms with E-state index in [9.17, 15) is 9.59 Å². The number of hydrogen-bond acceptors (Lipinski definition) is 4. The van der Waals surface area contributed by atoms with Crippen LogP contribution >= 0.6 is 0 Å². The van der Waals surface area contributed by atoms with Gasteiger partial charge in [-0.3, -0.25) is 9.59 Å². The third-order valence-electron chi connectivity index (χ3n) is 4.45. The molecular formula is C19H23N3O3. The molecule has 0 atom stereocenters. The molecule has 0 bridgehead atoms. The number of anilines is 2. The third-order valence-corrected chi connectivity index (χ3v) is 4.45. The maximum Gasteiger partial charge on any atom is 0.291 e. The van der Waals surface area contributed by atoms with Crippen molar-refractivity contribution in [2.75, 3.05) is 30.3 Å². The topological polar surface area (TPSA) is 74.6 Å². The smallest absolute Gasteiger partial charge is 0.291 e. The molecule has 2 heterocycles. The summed E-state index contributed by atoms with van der Waals surface area (Å²) in [7, 11) is 0. The summed E-state index contributed by atoms with van der Waals surface area (Å²) in [6.45, 7) is 4.15. The fourth-order valence-corrected chi connectivity index (χ4v) is 2.85. The Morgan fingerprint density at radius 3 is 2.64 bits per heavy atom. The van der Waals surface area contributed by atoms with Gasteiger partial charge in [-0.1, -0.05) is 13.0 Å². The van der Waals surface area contributed by atoms with Gasteiger partial charge in [0.2, 0.25) is 5.91 Å². The van der Waals surface area contributed by atoms with E-state index in [0.717, 1.165) is 31.6 Å². The summed E-state index contributed by atoms with van der Waals surface area (Å²) in [6.07, 6.45) is 3.60. The summed E-state index contributed by atoms with van der Waals surface area (Å²) >= 11 is 0. The Morgan fingerprint density at radius 1 is 1.16 bits per heavy atom. The summed E-state index contributed by atoms with van der Waals surface area (Å²) < 4.78 is 5.07. The molecule has 6 heteroatoms. The van der Waals surface area contributed by atoms with Crippen molar-refractivity contribution < 1.29 is 14.0 Å². The van der Waals surface area contributed by atoms with Crippen molar-refractivity contribution in [2.24, 2.45) is 5.92 Å². The molecule has 0 spiro atoms. The minimum atomic E-state index is -0.305. The molecule has 1 aliphatic heterocycles. The van der Waals surface area contributed by atoms with Crippen molar-refractivity contribution in [3.8, 4) is 0 Å². The van der Waals surface area contributed by atoms with Crippen LogP contribution in [-0.2, 0) is 4.79 Å². The molecule has 2 amide bonds. The lowest BCUT2D eigenvalue weighted by Gasteiger charge is -2.30. The van der Waals surface area contributed by atoms with Crippen LogP contribution in [0, 0.1) is 5.92 Å². The molecule has 25 heavy (non-hydrogen) atoms. The Hall–Kier alpha value is -2.76. The summed E-state index contributed by atoms with van der Waals surface area (Å²) in [6, 6.07) is 10.6. The van der Waals surface area contributed by atoms with Crippen LogP contribution in [-0.4, -0.2) is 36.3 Å². The predicted octanol–water partition coefficient (Wildman–Crippen LogP) is 3.20. The molecule has 0 aliphatic carbocycles. The first-order chi connectivity index (χ1) is 12.1. The highest BCUT2D eigenvalue weighted by Crippen LogP contribution is 2.18. The molecule has 0 saturated carbocycles. The standard InChI is InChI=1S/C19H23N3O3/c1-14-7-9-22(10-8-14)18(23)13-20-15-4-2-5-16(12-15)21-19(24)17-6-3-11-25-17/h2-6,11-12,14,20H,7-10,13H2,1H3,(H,21,24). The van der Waals surface area contributed by atoms with E-state index in [1.54, 1.807) is 24.3 Å². The van der Waals surface area contributed by atoms with E-state index in [1.165, 1.54) is 6.26 Å². The van der Waals surface area contributed by atoms with Gasteiger partial charge < -0.3 is 20.0 Å². The van der Waals surface area contributed by atoms with E-state index in [1.807, 2.05) is 17.0 Å². The van der Waals surface area contributed by atoms with Crippen LogP contribution < -0.4 is 10.6 Å². The molecule has 132 valence electrons. The molecule has 0 radical (unpaired) electrons. The Kier molecular flexibility index (Phi) is 5.38. The van der Waals surface area contributed by atoms with Gasteiger partial charge in [-0.25, -0.2) is 0 Å². The molecule has 3 rings (SSSR count). The van der Waals surface area contributed by atoms with E-state index >= 15 is 0 Å². The minimum absolute atomic E-state index is 0.108. The van der Waals surface area contributed by atoms with Crippen LogP contribution in [0.1, 0.15) is 30.3 Å². The molecule has 1 fully saturated rings. The van der Waals surface area contributed by atoms with Crippen molar-refractivity contribution in [2.45, 2.75) is 19.8 Å². The Labute approximate surface area is 147 Å². The van der Waals surface area contributed by atoms with Gasteiger partial charge in [0.25, 0.3) is 5.91 Å². The van der Waals surface area contributed by atoms with Gasteiger partial charge in [0, 0.05) is 24.5 Å². The lowest BCUT2D eigenvalue weighted by Crippen LogP contribution is -2.40. The number of carbonyl (C=O) groups excluding carboxylic acids is 2. The average Bonchev–Trinajstić information content (AvgIpc) is 3.15. The Balaban J connectivity index is 1.53. The average molecular weight is 341 g/mol. The number of nitrogens with zero attached hydrogens (tertiary/aromatic N) is 1. The number of piperidine rings is 1. The van der Waals surface area contributed by atoms with Crippen molar-refractivity contribution in [1.82, 2.24) is 4.90 Å². The lowest BCUT2D eigenvalue weighted by atomic mass is 9.99. The SMILES string of the molecule is CC1CCN(C(=O)CNc2cccc(NC(=O)c3ccco3)c2)CC1. The maximum absolute atomic E-state index is 12.3. The summed E-state index contributed by atoms with van der Waals surface area (Å²) in [5.74, 6) is 0.761. The second-order valence-corrected chi connectivity index (χ2v) is 6.43. The molecule has 2 N–H and O–H groups in total. The number of furan rings is 1. The molecule has 1 aromatic carbocycles. The van der Waals surface area contributed by atoms with Gasteiger partial charge >= 0.3 is 0 Å². The highest BCUT2D eigenvalue weighted by atomic mass is 16.3. The van der Waals surface area contributed by atoms with E-state index in [4.69, 9.17) is 4.42 Å². The highest BCUT2D eigenvalue weighted by Gasteiger charge is 2.19. The Morgan fingerprint density at radius 2 is 1.92 bits per heavy atom. The van der Waals surface area contributed by atoms with Crippen molar-refractivity contribution >= 4 is 23.2 Å². The molecule has 1 saturated heterocycles. The van der Waals surface area contributed by atoms with E-state index < -0.39 is 0 Å². The second kappa shape index (κ2) is 7.88. The van der Waals surface area contributed by atoms with Gasteiger partial charge in [-0.05, 0) is 49.1 Å². The van der Waals surface area contributed by atoms with Crippen LogP contribution in [0.3, 0.4) is 0 Å². The van der Waals surface area contributed by atoms with Crippen LogP contribution in [0.15, 0.2) is 47.1 Å². The van der Waals surface area contributed by atoms with E-state index in [0.29, 0.717) is 11.6 Å². The number of carbonyl (C=O) groups is 2. The van der Waals surface area contributed by atoms with Crippen LogP contribution in [0.2, 0.25) is 0 Å².